The standard InChI is InChI=1S/C15H21NO5/c1-8-7-21-9-6-14(2)10(16(19)20)4-5-15(3,18)13(14)12(17)11(8)9/h7,10,13,16,18-19H,4-6H2,1-3H3. The molecule has 0 aromatic carbocycles. The SMILES string of the molecule is Cc1coc2c1C(=O)C1C(C)(O)CCC([NH+]([O-])O)C1(C)C2. The van der Waals surface area contributed by atoms with Crippen LogP contribution in [0.15, 0.2) is 10.7 Å². The van der Waals surface area contributed by atoms with Crippen LogP contribution >= 0.6 is 0 Å². The van der Waals surface area contributed by atoms with Crippen molar-refractivity contribution in [3.63, 3.8) is 0 Å². The van der Waals surface area contributed by atoms with Crippen LogP contribution in [0.1, 0.15) is 48.4 Å². The van der Waals surface area contributed by atoms with E-state index >= 15 is 0 Å². The van der Waals surface area contributed by atoms with E-state index in [2.05, 4.69) is 0 Å². The molecule has 5 atom stereocenters. The average Bonchev–Trinajstić information content (AvgIpc) is 2.68. The Hall–Kier alpha value is -1.21. The third-order valence-corrected chi connectivity index (χ3v) is 5.42. The number of ketones is 1. The van der Waals surface area contributed by atoms with E-state index in [1.165, 1.54) is 6.26 Å². The number of nitrogens with one attached hydrogen (secondary N) is 1. The van der Waals surface area contributed by atoms with Crippen molar-refractivity contribution < 1.29 is 24.8 Å². The molecule has 0 spiro atoms. The third-order valence-electron chi connectivity index (χ3n) is 5.42. The average molecular weight is 295 g/mol. The molecule has 6 heteroatoms. The summed E-state index contributed by atoms with van der Waals surface area (Å²) in [4.78, 5) is 12.9. The van der Waals surface area contributed by atoms with Gasteiger partial charge in [0.2, 0.25) is 0 Å². The van der Waals surface area contributed by atoms with Gasteiger partial charge in [-0.1, -0.05) is 6.92 Å². The lowest BCUT2D eigenvalue weighted by Gasteiger charge is -2.54. The number of rotatable bonds is 1. The number of carbonyl (C=O) groups excluding carboxylic acids is 1. The number of aryl methyl sites for hydroxylation is 1. The van der Waals surface area contributed by atoms with Gasteiger partial charge in [-0.2, -0.15) is 0 Å². The van der Waals surface area contributed by atoms with E-state index in [1.54, 1.807) is 20.8 Å². The molecule has 0 saturated heterocycles. The van der Waals surface area contributed by atoms with Crippen molar-refractivity contribution in [3.8, 4) is 0 Å². The molecule has 1 fully saturated rings. The molecule has 0 amide bonds. The molecule has 1 aromatic rings. The maximum Gasteiger partial charge on any atom is 0.173 e. The lowest BCUT2D eigenvalue weighted by molar-refractivity contribution is -1.07. The summed E-state index contributed by atoms with van der Waals surface area (Å²) in [7, 11) is 0. The number of hydroxylamine groups is 2. The number of furan rings is 1. The fraction of sp³-hybridized carbons (Fsp3) is 0.667. The van der Waals surface area contributed by atoms with Crippen LogP contribution in [-0.4, -0.2) is 27.7 Å². The molecule has 6 nitrogen and oxygen atoms in total. The summed E-state index contributed by atoms with van der Waals surface area (Å²) in [5.74, 6) is -0.329. The van der Waals surface area contributed by atoms with E-state index < -0.39 is 28.2 Å². The molecule has 2 aliphatic carbocycles. The van der Waals surface area contributed by atoms with Crippen LogP contribution in [0.5, 0.6) is 0 Å². The minimum absolute atomic E-state index is 0.180. The zero-order chi connectivity index (χ0) is 15.6. The molecular formula is C15H21NO5. The first-order valence-corrected chi connectivity index (χ1v) is 7.25. The minimum Gasteiger partial charge on any atom is -0.600 e. The summed E-state index contributed by atoms with van der Waals surface area (Å²) in [6.07, 6.45) is 2.60. The summed E-state index contributed by atoms with van der Waals surface area (Å²) in [5, 5.41) is 31.0. The Morgan fingerprint density at radius 3 is 2.76 bits per heavy atom. The largest absolute Gasteiger partial charge is 0.600 e. The van der Waals surface area contributed by atoms with Crippen molar-refractivity contribution in [3.05, 3.63) is 28.4 Å². The number of aliphatic hydroxyl groups is 1. The summed E-state index contributed by atoms with van der Waals surface area (Å²) in [6.45, 7) is 5.24. The minimum atomic E-state index is -1.18. The molecule has 1 heterocycles. The topological polar surface area (TPSA) is 98.2 Å². The van der Waals surface area contributed by atoms with E-state index in [-0.39, 0.29) is 5.78 Å². The predicted molar refractivity (Wildman–Crippen MR) is 72.8 cm³/mol. The second-order valence-electron chi connectivity index (χ2n) is 6.98. The fourth-order valence-corrected chi connectivity index (χ4v) is 4.48. The normalized spacial score (nSPS) is 40.6. The molecule has 1 aromatic heterocycles. The predicted octanol–water partition coefficient (Wildman–Crippen LogP) is 0.635. The van der Waals surface area contributed by atoms with Gasteiger partial charge in [0.25, 0.3) is 0 Å². The zero-order valence-corrected chi connectivity index (χ0v) is 12.5. The van der Waals surface area contributed by atoms with Gasteiger partial charge in [-0.25, -0.2) is 10.4 Å². The van der Waals surface area contributed by atoms with Gasteiger partial charge >= 0.3 is 0 Å². The second-order valence-corrected chi connectivity index (χ2v) is 6.98. The maximum atomic E-state index is 12.9. The molecule has 5 unspecified atom stereocenters. The lowest BCUT2D eigenvalue weighted by Crippen LogP contribution is -3.11. The van der Waals surface area contributed by atoms with Crippen LogP contribution < -0.4 is 5.23 Å². The lowest BCUT2D eigenvalue weighted by atomic mass is 9.52. The Bertz CT molecular complexity index is 591. The maximum absolute atomic E-state index is 12.9. The molecule has 0 aliphatic heterocycles. The highest BCUT2D eigenvalue weighted by atomic mass is 16.8. The van der Waals surface area contributed by atoms with Gasteiger partial charge in [-0.05, 0) is 25.8 Å². The molecule has 3 rings (SSSR count). The third kappa shape index (κ3) is 1.90. The highest BCUT2D eigenvalue weighted by Crippen LogP contribution is 2.52. The van der Waals surface area contributed by atoms with Crippen molar-refractivity contribution in [2.75, 3.05) is 0 Å². The van der Waals surface area contributed by atoms with E-state index in [4.69, 9.17) is 4.42 Å². The van der Waals surface area contributed by atoms with Crippen LogP contribution in [0.4, 0.5) is 0 Å². The second kappa shape index (κ2) is 4.39. The quantitative estimate of drug-likeness (QED) is 0.660. The Morgan fingerprint density at radius 2 is 2.14 bits per heavy atom. The Kier molecular flexibility index (Phi) is 3.08. The van der Waals surface area contributed by atoms with Gasteiger partial charge in [0, 0.05) is 18.3 Å². The Balaban J connectivity index is 2.17. The zero-order valence-electron chi connectivity index (χ0n) is 12.5. The van der Waals surface area contributed by atoms with Crippen LogP contribution in [0, 0.1) is 23.5 Å². The van der Waals surface area contributed by atoms with Gasteiger partial charge in [0.15, 0.2) is 5.78 Å². The van der Waals surface area contributed by atoms with Gasteiger partial charge in [0.1, 0.15) is 11.8 Å². The monoisotopic (exact) mass is 295 g/mol. The molecule has 116 valence electrons. The highest BCUT2D eigenvalue weighted by Gasteiger charge is 2.62. The van der Waals surface area contributed by atoms with Crippen LogP contribution in [0.3, 0.4) is 0 Å². The molecular weight excluding hydrogens is 274 g/mol. The molecule has 21 heavy (non-hydrogen) atoms. The molecule has 0 radical (unpaired) electrons. The summed E-state index contributed by atoms with van der Waals surface area (Å²) in [6, 6.07) is -0.648. The smallest absolute Gasteiger partial charge is 0.173 e. The summed E-state index contributed by atoms with van der Waals surface area (Å²) >= 11 is 0. The van der Waals surface area contributed by atoms with Gasteiger partial charge in [-0.3, -0.25) is 4.79 Å². The van der Waals surface area contributed by atoms with E-state index in [0.717, 1.165) is 5.56 Å². The number of fused-ring (bicyclic) bond motifs is 2. The fourth-order valence-electron chi connectivity index (χ4n) is 4.48. The summed E-state index contributed by atoms with van der Waals surface area (Å²) < 4.78 is 5.47. The number of hydrogen-bond acceptors (Lipinski definition) is 5. The van der Waals surface area contributed by atoms with Gasteiger partial charge in [-0.15, -0.1) is 0 Å². The summed E-state index contributed by atoms with van der Waals surface area (Å²) in [5.41, 5.74) is -0.713. The first-order chi connectivity index (χ1) is 9.68. The molecule has 2 aliphatic rings. The highest BCUT2D eigenvalue weighted by molar-refractivity contribution is 6.02. The van der Waals surface area contributed by atoms with Crippen molar-refractivity contribution in [1.82, 2.24) is 0 Å². The first kappa shape index (κ1) is 14.7. The Labute approximate surface area is 122 Å². The van der Waals surface area contributed by atoms with E-state index in [0.29, 0.717) is 30.6 Å². The number of carbonyl (C=O) groups is 1. The van der Waals surface area contributed by atoms with Crippen molar-refractivity contribution in [2.45, 2.75) is 51.7 Å². The van der Waals surface area contributed by atoms with Gasteiger partial charge < -0.3 is 14.7 Å². The number of Topliss-reactive ketones (excluding diaryl/α,β-unsaturated/α-hetero) is 1. The van der Waals surface area contributed by atoms with Gasteiger partial charge in [0.05, 0.1) is 23.3 Å². The number of quaternary nitrogens is 1. The van der Waals surface area contributed by atoms with Crippen molar-refractivity contribution in [1.29, 1.82) is 0 Å². The van der Waals surface area contributed by atoms with Crippen LogP contribution in [0.25, 0.3) is 0 Å². The van der Waals surface area contributed by atoms with E-state index in [9.17, 15) is 20.3 Å². The van der Waals surface area contributed by atoms with E-state index in [1.807, 2.05) is 0 Å². The van der Waals surface area contributed by atoms with Crippen LogP contribution in [-0.2, 0) is 6.42 Å². The van der Waals surface area contributed by atoms with Crippen LogP contribution in [0.2, 0.25) is 0 Å². The molecule has 0 bridgehead atoms. The number of hydrogen-bond donors (Lipinski definition) is 3. The van der Waals surface area contributed by atoms with Crippen molar-refractivity contribution in [2.24, 2.45) is 11.3 Å². The molecule has 3 N–H and O–H groups in total. The van der Waals surface area contributed by atoms with Crippen molar-refractivity contribution >= 4 is 5.78 Å². The first-order valence-electron chi connectivity index (χ1n) is 7.25. The molecule has 1 saturated carbocycles. The Morgan fingerprint density at radius 1 is 1.48 bits per heavy atom.